The van der Waals surface area contributed by atoms with Gasteiger partial charge in [-0.15, -0.1) is 0 Å². The molecule has 25 heavy (non-hydrogen) atoms. The Morgan fingerprint density at radius 1 is 1.12 bits per heavy atom. The van der Waals surface area contributed by atoms with E-state index in [1.165, 1.54) is 0 Å². The maximum atomic E-state index is 10.4. The number of aromatic nitrogens is 1. The Labute approximate surface area is 146 Å². The lowest BCUT2D eigenvalue weighted by atomic mass is 10.1. The Balaban J connectivity index is 1.85. The highest BCUT2D eigenvalue weighted by atomic mass is 16.5. The number of aldehydes is 1. The van der Waals surface area contributed by atoms with Crippen molar-refractivity contribution in [2.45, 2.75) is 6.92 Å². The van der Waals surface area contributed by atoms with Crippen LogP contribution in [0.1, 0.15) is 5.56 Å². The summed E-state index contributed by atoms with van der Waals surface area (Å²) in [6.45, 7) is 2.04. The molecule has 3 aromatic rings. The first-order chi connectivity index (χ1) is 12.2. The fourth-order valence-corrected chi connectivity index (χ4v) is 2.51. The summed E-state index contributed by atoms with van der Waals surface area (Å²) in [4.78, 5) is 14.8. The van der Waals surface area contributed by atoms with Gasteiger partial charge in [-0.25, -0.2) is 4.98 Å². The van der Waals surface area contributed by atoms with E-state index in [1.807, 2.05) is 55.5 Å². The van der Waals surface area contributed by atoms with E-state index in [0.29, 0.717) is 17.7 Å². The molecule has 2 aromatic carbocycles. The second-order valence-corrected chi connectivity index (χ2v) is 5.60. The predicted octanol–water partition coefficient (Wildman–Crippen LogP) is 3.96. The molecule has 0 saturated heterocycles. The molecule has 0 saturated carbocycles. The van der Waals surface area contributed by atoms with Gasteiger partial charge >= 0.3 is 0 Å². The number of anilines is 3. The number of aryl methyl sites for hydroxylation is 1. The number of benzene rings is 2. The summed E-state index contributed by atoms with van der Waals surface area (Å²) in [5, 5.41) is 3.33. The van der Waals surface area contributed by atoms with Gasteiger partial charge < -0.3 is 15.8 Å². The molecule has 0 aliphatic heterocycles. The van der Waals surface area contributed by atoms with Crippen LogP contribution >= 0.6 is 0 Å². The largest absolute Gasteiger partial charge is 0.484 e. The van der Waals surface area contributed by atoms with Crippen molar-refractivity contribution < 1.29 is 9.53 Å². The minimum absolute atomic E-state index is 0.0106. The van der Waals surface area contributed by atoms with Gasteiger partial charge in [0, 0.05) is 11.9 Å². The van der Waals surface area contributed by atoms with Gasteiger partial charge in [-0.3, -0.25) is 4.79 Å². The molecule has 0 aliphatic rings. The van der Waals surface area contributed by atoms with Crippen molar-refractivity contribution in [3.63, 3.8) is 0 Å². The van der Waals surface area contributed by atoms with Gasteiger partial charge in [0.2, 0.25) is 0 Å². The SMILES string of the molecule is Cc1ccccc1Nc1cc(-c2ccc(OCC=O)c(N)c2)ccn1. The lowest BCUT2D eigenvalue weighted by molar-refractivity contribution is -0.109. The zero-order valence-corrected chi connectivity index (χ0v) is 13.9. The minimum Gasteiger partial charge on any atom is -0.484 e. The number of hydrogen-bond acceptors (Lipinski definition) is 5. The van der Waals surface area contributed by atoms with Crippen molar-refractivity contribution in [3.8, 4) is 16.9 Å². The Morgan fingerprint density at radius 2 is 1.92 bits per heavy atom. The molecule has 0 atom stereocenters. The number of nitrogens with zero attached hydrogens (tertiary/aromatic N) is 1. The number of pyridine rings is 1. The van der Waals surface area contributed by atoms with E-state index in [1.54, 1.807) is 12.3 Å². The molecule has 3 rings (SSSR count). The van der Waals surface area contributed by atoms with Crippen LogP contribution in [0, 0.1) is 6.92 Å². The summed E-state index contributed by atoms with van der Waals surface area (Å²) in [5.41, 5.74) is 10.6. The molecule has 5 heteroatoms. The summed E-state index contributed by atoms with van der Waals surface area (Å²) in [6, 6.07) is 17.4. The summed E-state index contributed by atoms with van der Waals surface area (Å²) < 4.78 is 5.27. The van der Waals surface area contributed by atoms with E-state index >= 15 is 0 Å². The highest BCUT2D eigenvalue weighted by molar-refractivity contribution is 5.73. The normalized spacial score (nSPS) is 10.3. The van der Waals surface area contributed by atoms with Gasteiger partial charge in [0.05, 0.1) is 5.69 Å². The monoisotopic (exact) mass is 333 g/mol. The fraction of sp³-hybridized carbons (Fsp3) is 0.100. The highest BCUT2D eigenvalue weighted by Crippen LogP contribution is 2.30. The number of rotatable bonds is 6. The van der Waals surface area contributed by atoms with Crippen LogP contribution in [0.2, 0.25) is 0 Å². The van der Waals surface area contributed by atoms with E-state index in [9.17, 15) is 4.79 Å². The standard InChI is InChI=1S/C20H19N3O2/c1-14-4-2-3-5-18(14)23-20-13-16(8-9-22-20)15-6-7-19(17(21)12-15)25-11-10-24/h2-10,12-13H,11,21H2,1H3,(H,22,23). The van der Waals surface area contributed by atoms with E-state index in [0.717, 1.165) is 28.2 Å². The summed E-state index contributed by atoms with van der Waals surface area (Å²) in [5.74, 6) is 1.26. The zero-order valence-electron chi connectivity index (χ0n) is 13.9. The molecule has 1 aromatic heterocycles. The second kappa shape index (κ2) is 7.49. The van der Waals surface area contributed by atoms with Crippen LogP contribution in [-0.2, 0) is 4.79 Å². The molecule has 0 bridgehead atoms. The molecule has 1 heterocycles. The Kier molecular flexibility index (Phi) is 4.95. The lowest BCUT2D eigenvalue weighted by Gasteiger charge is -2.11. The number of nitrogens with two attached hydrogens (primary N) is 1. The molecule has 0 amide bonds. The first kappa shape index (κ1) is 16.5. The molecule has 0 unspecified atom stereocenters. The van der Waals surface area contributed by atoms with Crippen molar-refractivity contribution in [1.82, 2.24) is 4.98 Å². The Morgan fingerprint density at radius 3 is 2.68 bits per heavy atom. The first-order valence-electron chi connectivity index (χ1n) is 7.92. The predicted molar refractivity (Wildman–Crippen MR) is 100 cm³/mol. The number of para-hydroxylation sites is 1. The van der Waals surface area contributed by atoms with Crippen LogP contribution in [0.5, 0.6) is 5.75 Å². The van der Waals surface area contributed by atoms with Crippen molar-refractivity contribution >= 4 is 23.5 Å². The van der Waals surface area contributed by atoms with Gasteiger partial charge in [-0.2, -0.15) is 0 Å². The molecule has 3 N–H and O–H groups in total. The van der Waals surface area contributed by atoms with Gasteiger partial charge in [0.15, 0.2) is 6.29 Å². The second-order valence-electron chi connectivity index (χ2n) is 5.60. The minimum atomic E-state index is -0.0106. The number of nitrogens with one attached hydrogen (secondary N) is 1. The average molecular weight is 333 g/mol. The number of ether oxygens (including phenoxy) is 1. The summed E-state index contributed by atoms with van der Waals surface area (Å²) >= 11 is 0. The molecule has 126 valence electrons. The Bertz CT molecular complexity index is 894. The molecule has 5 nitrogen and oxygen atoms in total. The van der Waals surface area contributed by atoms with E-state index < -0.39 is 0 Å². The van der Waals surface area contributed by atoms with Crippen LogP contribution in [-0.4, -0.2) is 17.9 Å². The van der Waals surface area contributed by atoms with Crippen molar-refractivity contribution in [1.29, 1.82) is 0 Å². The van der Waals surface area contributed by atoms with E-state index in [2.05, 4.69) is 10.3 Å². The van der Waals surface area contributed by atoms with Crippen LogP contribution < -0.4 is 15.8 Å². The van der Waals surface area contributed by atoms with Crippen LogP contribution in [0.3, 0.4) is 0 Å². The summed E-state index contributed by atoms with van der Waals surface area (Å²) in [6.07, 6.45) is 2.45. The van der Waals surface area contributed by atoms with Gasteiger partial charge in [0.25, 0.3) is 0 Å². The number of hydrogen-bond donors (Lipinski definition) is 2. The molecular weight excluding hydrogens is 314 g/mol. The average Bonchev–Trinajstić information content (AvgIpc) is 2.63. The Hall–Kier alpha value is -3.34. The van der Waals surface area contributed by atoms with E-state index in [-0.39, 0.29) is 6.61 Å². The molecule has 0 spiro atoms. The third-order valence-corrected chi connectivity index (χ3v) is 3.82. The van der Waals surface area contributed by atoms with Crippen LogP contribution in [0.25, 0.3) is 11.1 Å². The number of carbonyl (C=O) groups excluding carboxylic acids is 1. The van der Waals surface area contributed by atoms with Crippen LogP contribution in [0.4, 0.5) is 17.2 Å². The third-order valence-electron chi connectivity index (χ3n) is 3.82. The molecule has 0 aliphatic carbocycles. The van der Waals surface area contributed by atoms with E-state index in [4.69, 9.17) is 10.5 Å². The van der Waals surface area contributed by atoms with Crippen molar-refractivity contribution in [2.24, 2.45) is 0 Å². The number of carbonyl (C=O) groups is 1. The lowest BCUT2D eigenvalue weighted by Crippen LogP contribution is -2.01. The highest BCUT2D eigenvalue weighted by Gasteiger charge is 2.06. The number of nitrogen functional groups attached to an aromatic ring is 1. The smallest absolute Gasteiger partial charge is 0.157 e. The molecule has 0 radical (unpaired) electrons. The fourth-order valence-electron chi connectivity index (χ4n) is 2.51. The van der Waals surface area contributed by atoms with Gasteiger partial charge in [-0.05, 0) is 53.9 Å². The van der Waals surface area contributed by atoms with Gasteiger partial charge in [-0.1, -0.05) is 24.3 Å². The third kappa shape index (κ3) is 3.95. The quantitative estimate of drug-likeness (QED) is 0.527. The first-order valence-corrected chi connectivity index (χ1v) is 7.92. The topological polar surface area (TPSA) is 77.2 Å². The maximum Gasteiger partial charge on any atom is 0.157 e. The zero-order chi connectivity index (χ0) is 17.6. The summed E-state index contributed by atoms with van der Waals surface area (Å²) in [7, 11) is 0. The van der Waals surface area contributed by atoms with Crippen molar-refractivity contribution in [2.75, 3.05) is 17.7 Å². The van der Waals surface area contributed by atoms with Crippen molar-refractivity contribution in [3.05, 3.63) is 66.4 Å². The van der Waals surface area contributed by atoms with Gasteiger partial charge in [0.1, 0.15) is 18.2 Å². The molecule has 0 fully saturated rings. The van der Waals surface area contributed by atoms with Crippen LogP contribution in [0.15, 0.2) is 60.8 Å². The maximum absolute atomic E-state index is 10.4. The molecular formula is C20H19N3O2.